The molecule has 0 bridgehead atoms. The molecule has 0 saturated carbocycles. The summed E-state index contributed by atoms with van der Waals surface area (Å²) in [5.74, 6) is -0.644. The van der Waals surface area contributed by atoms with Crippen molar-refractivity contribution < 1.29 is 31.4 Å². The first-order valence-corrected chi connectivity index (χ1v) is 2.23. The molecule has 0 aliphatic carbocycles. The molecule has 53 valence electrons. The topological polar surface area (TPSA) is 43.4 Å². The van der Waals surface area contributed by atoms with E-state index >= 15 is 0 Å². The molecular weight excluding hydrogens is 163 g/mol. The van der Waals surface area contributed by atoms with Crippen LogP contribution < -0.4 is 0 Å². The first kappa shape index (κ1) is 11.5. The van der Waals surface area contributed by atoms with Crippen molar-refractivity contribution in [1.82, 2.24) is 0 Å². The predicted octanol–water partition coefficient (Wildman–Crippen LogP) is 0.136. The van der Waals surface area contributed by atoms with Gasteiger partial charge in [0.2, 0.25) is 0 Å². The maximum Gasteiger partial charge on any atom is 0.313 e. The van der Waals surface area contributed by atoms with Gasteiger partial charge in [0.25, 0.3) is 0 Å². The maximum atomic E-state index is 10.2. The van der Waals surface area contributed by atoms with Crippen LogP contribution in [0, 0.1) is 0 Å². The molecule has 0 aliphatic rings. The van der Waals surface area contributed by atoms with E-state index in [0.29, 0.717) is 0 Å². The van der Waals surface area contributed by atoms with Crippen LogP contribution in [0.4, 0.5) is 0 Å². The Kier molecular flexibility index (Phi) is 7.37. The van der Waals surface area contributed by atoms with Crippen LogP contribution >= 0.6 is 0 Å². The van der Waals surface area contributed by atoms with Crippen LogP contribution in [0.3, 0.4) is 0 Å². The van der Waals surface area contributed by atoms with Crippen molar-refractivity contribution in [3.8, 4) is 0 Å². The van der Waals surface area contributed by atoms with Gasteiger partial charge in [0.15, 0.2) is 0 Å². The average molecular weight is 171 g/mol. The molecule has 0 heterocycles. The van der Waals surface area contributed by atoms with E-state index in [-0.39, 0.29) is 29.3 Å². The third-order valence-electron chi connectivity index (χ3n) is 0.621. The van der Waals surface area contributed by atoms with Crippen LogP contribution in [-0.2, 0) is 31.4 Å². The summed E-state index contributed by atoms with van der Waals surface area (Å²) in [5.41, 5.74) is 0. The van der Waals surface area contributed by atoms with Gasteiger partial charge in [0, 0.05) is 17.1 Å². The van der Waals surface area contributed by atoms with E-state index in [1.165, 1.54) is 14.0 Å². The van der Waals surface area contributed by atoms with Gasteiger partial charge >= 0.3 is 5.97 Å². The molecule has 3 nitrogen and oxygen atoms in total. The minimum Gasteiger partial charge on any atom is -0.469 e. The molecule has 0 fully saturated rings. The number of esters is 1. The van der Waals surface area contributed by atoms with Gasteiger partial charge < -0.3 is 4.74 Å². The zero-order valence-electron chi connectivity index (χ0n) is 5.31. The van der Waals surface area contributed by atoms with Gasteiger partial charge in [-0.2, -0.15) is 0 Å². The van der Waals surface area contributed by atoms with Gasteiger partial charge in [-0.15, -0.1) is 0 Å². The second-order valence-corrected chi connectivity index (χ2v) is 1.45. The minimum absolute atomic E-state index is 0. The van der Waals surface area contributed by atoms with Gasteiger partial charge in [-0.05, 0) is 6.92 Å². The fourth-order valence-electron chi connectivity index (χ4n) is 0.275. The average Bonchev–Trinajstić information content (AvgIpc) is 1.65. The fourth-order valence-corrected chi connectivity index (χ4v) is 0.275. The molecule has 0 aromatic rings. The van der Waals surface area contributed by atoms with E-state index in [2.05, 4.69) is 4.74 Å². The second kappa shape index (κ2) is 5.79. The summed E-state index contributed by atoms with van der Waals surface area (Å²) in [6.45, 7) is 1.34. The molecule has 0 atom stereocenters. The van der Waals surface area contributed by atoms with E-state index in [9.17, 15) is 9.59 Å². The van der Waals surface area contributed by atoms with Crippen LogP contribution in [0.15, 0.2) is 0 Å². The van der Waals surface area contributed by atoms with Gasteiger partial charge in [-0.1, -0.05) is 0 Å². The largest absolute Gasteiger partial charge is 0.469 e. The number of hydrogen-bond donors (Lipinski definition) is 0. The maximum absolute atomic E-state index is 10.2. The molecule has 0 aromatic heterocycles. The van der Waals surface area contributed by atoms with Crippen LogP contribution in [-0.4, -0.2) is 18.9 Å². The normalized spacial score (nSPS) is 7.33. The summed E-state index contributed by atoms with van der Waals surface area (Å²) in [6.07, 6.45) is -0.115. The van der Waals surface area contributed by atoms with Gasteiger partial charge in [-0.25, -0.2) is 0 Å². The Morgan fingerprint density at radius 2 is 1.89 bits per heavy atom. The molecule has 0 rings (SSSR count). The molecule has 0 saturated heterocycles. The molecule has 0 spiro atoms. The van der Waals surface area contributed by atoms with E-state index in [4.69, 9.17) is 0 Å². The predicted molar refractivity (Wildman–Crippen MR) is 27.3 cm³/mol. The zero-order chi connectivity index (χ0) is 6.57. The second-order valence-electron chi connectivity index (χ2n) is 1.45. The van der Waals surface area contributed by atoms with Crippen molar-refractivity contribution in [1.29, 1.82) is 0 Å². The summed E-state index contributed by atoms with van der Waals surface area (Å²) < 4.78 is 4.20. The Hall–Kier alpha value is -0.341. The molecule has 0 aromatic carbocycles. The Morgan fingerprint density at radius 1 is 1.44 bits per heavy atom. The summed E-state index contributed by atoms with van der Waals surface area (Å²) >= 11 is 0. The Bertz CT molecular complexity index is 111. The summed E-state index contributed by atoms with van der Waals surface area (Å²) in [7, 11) is 1.26. The Labute approximate surface area is 64.2 Å². The van der Waals surface area contributed by atoms with Crippen molar-refractivity contribution in [2.45, 2.75) is 13.3 Å². The smallest absolute Gasteiger partial charge is 0.313 e. The van der Waals surface area contributed by atoms with Crippen LogP contribution in [0.5, 0.6) is 0 Å². The molecule has 0 amide bonds. The SMILES string of the molecule is COC(=O)CC(C)=O.[Mn]. The minimum atomic E-state index is -0.475. The third kappa shape index (κ3) is 7.66. The molecule has 0 aliphatic heterocycles. The third-order valence-corrected chi connectivity index (χ3v) is 0.621. The van der Waals surface area contributed by atoms with Crippen molar-refractivity contribution in [2.24, 2.45) is 0 Å². The number of carbonyl (C=O) groups is 2. The monoisotopic (exact) mass is 171 g/mol. The van der Waals surface area contributed by atoms with Crippen molar-refractivity contribution in [3.05, 3.63) is 0 Å². The van der Waals surface area contributed by atoms with Gasteiger partial charge in [-0.3, -0.25) is 9.59 Å². The number of carbonyl (C=O) groups excluding carboxylic acids is 2. The molecule has 9 heavy (non-hydrogen) atoms. The molecule has 0 unspecified atom stereocenters. The molecular formula is C5H8MnO3. The number of ketones is 1. The number of hydrogen-bond acceptors (Lipinski definition) is 3. The van der Waals surface area contributed by atoms with Crippen molar-refractivity contribution in [3.63, 3.8) is 0 Å². The Balaban J connectivity index is 0. The first-order valence-electron chi connectivity index (χ1n) is 2.23. The van der Waals surface area contributed by atoms with Crippen LogP contribution in [0.1, 0.15) is 13.3 Å². The van der Waals surface area contributed by atoms with Crippen molar-refractivity contribution in [2.75, 3.05) is 7.11 Å². The summed E-state index contributed by atoms with van der Waals surface area (Å²) in [4.78, 5) is 20.3. The summed E-state index contributed by atoms with van der Waals surface area (Å²) in [6, 6.07) is 0. The van der Waals surface area contributed by atoms with E-state index in [0.717, 1.165) is 0 Å². The number of rotatable bonds is 2. The van der Waals surface area contributed by atoms with Crippen molar-refractivity contribution >= 4 is 11.8 Å². The molecule has 4 heteroatoms. The zero-order valence-corrected chi connectivity index (χ0v) is 6.49. The first-order chi connectivity index (χ1) is 3.66. The van der Waals surface area contributed by atoms with Crippen LogP contribution in [0.2, 0.25) is 0 Å². The van der Waals surface area contributed by atoms with Gasteiger partial charge in [0.1, 0.15) is 12.2 Å². The van der Waals surface area contributed by atoms with E-state index in [1.807, 2.05) is 0 Å². The summed E-state index contributed by atoms with van der Waals surface area (Å²) in [5, 5.41) is 0. The Morgan fingerprint density at radius 3 is 2.00 bits per heavy atom. The fraction of sp³-hybridized carbons (Fsp3) is 0.600. The number of Topliss-reactive ketones (excluding diaryl/α,β-unsaturated/α-hetero) is 1. The number of methoxy groups -OCH3 is 1. The number of ether oxygens (including phenoxy) is 1. The molecule has 1 radical (unpaired) electrons. The van der Waals surface area contributed by atoms with E-state index < -0.39 is 5.97 Å². The van der Waals surface area contributed by atoms with Gasteiger partial charge in [0.05, 0.1) is 7.11 Å². The van der Waals surface area contributed by atoms with E-state index in [1.54, 1.807) is 0 Å². The van der Waals surface area contributed by atoms with Crippen LogP contribution in [0.25, 0.3) is 0 Å². The quantitative estimate of drug-likeness (QED) is 0.337. The standard InChI is InChI=1S/C5H8O3.Mn/c1-4(6)3-5(7)8-2;/h3H2,1-2H3;. The molecule has 0 N–H and O–H groups in total.